The molecule has 0 unspecified atom stereocenters. The molecule has 2 heterocycles. The summed E-state index contributed by atoms with van der Waals surface area (Å²) in [6.07, 6.45) is 0.840. The Bertz CT molecular complexity index is 490. The van der Waals surface area contributed by atoms with Gasteiger partial charge in [0.25, 0.3) is 0 Å². The lowest BCUT2D eigenvalue weighted by Crippen LogP contribution is -2.51. The first-order valence-electron chi connectivity index (χ1n) is 7.27. The number of carbonyl (C=O) groups excluding carboxylic acids is 2. The molecule has 22 heavy (non-hydrogen) atoms. The molecule has 0 aromatic carbocycles. The predicted molar refractivity (Wildman–Crippen MR) is 83.8 cm³/mol. The summed E-state index contributed by atoms with van der Waals surface area (Å²) in [4.78, 5) is 26.2. The Morgan fingerprint density at radius 2 is 2.32 bits per heavy atom. The minimum atomic E-state index is -0.212. The number of hydrogen-bond acceptors (Lipinski definition) is 5. The third-order valence-electron chi connectivity index (χ3n) is 3.47. The quantitative estimate of drug-likeness (QED) is 0.834. The lowest BCUT2D eigenvalue weighted by Gasteiger charge is -2.32. The third kappa shape index (κ3) is 5.08. The Morgan fingerprint density at radius 1 is 1.50 bits per heavy atom. The molecule has 122 valence electrons. The molecule has 2 amide bonds. The van der Waals surface area contributed by atoms with E-state index in [0.717, 1.165) is 4.88 Å². The maximum absolute atomic E-state index is 12.1. The van der Waals surface area contributed by atoms with Crippen LogP contribution in [0.3, 0.4) is 0 Å². The van der Waals surface area contributed by atoms with E-state index in [9.17, 15) is 9.59 Å². The van der Waals surface area contributed by atoms with E-state index in [1.54, 1.807) is 25.4 Å². The fourth-order valence-corrected chi connectivity index (χ4v) is 2.89. The number of hydrogen-bond donors (Lipinski definition) is 1. The van der Waals surface area contributed by atoms with E-state index in [4.69, 9.17) is 9.47 Å². The predicted octanol–water partition coefficient (Wildman–Crippen LogP) is 0.669. The van der Waals surface area contributed by atoms with Gasteiger partial charge in [0.05, 0.1) is 25.2 Å². The van der Waals surface area contributed by atoms with Crippen LogP contribution in [0.1, 0.15) is 11.3 Å². The molecular formula is C15H22N2O4S. The molecule has 6 nitrogen and oxygen atoms in total. The Hall–Kier alpha value is -1.44. The van der Waals surface area contributed by atoms with Crippen molar-refractivity contribution in [3.8, 4) is 0 Å². The van der Waals surface area contributed by atoms with Gasteiger partial charge in [0, 0.05) is 25.6 Å². The average molecular weight is 326 g/mol. The lowest BCUT2D eigenvalue weighted by molar-refractivity contribution is -0.140. The van der Waals surface area contributed by atoms with Crippen molar-refractivity contribution in [2.45, 2.75) is 25.0 Å². The summed E-state index contributed by atoms with van der Waals surface area (Å²) in [6.45, 7) is 1.02. The summed E-state index contributed by atoms with van der Waals surface area (Å²) in [5.74, 6) is -0.138. The van der Waals surface area contributed by atoms with Crippen molar-refractivity contribution >= 4 is 23.2 Å². The van der Waals surface area contributed by atoms with Gasteiger partial charge in [-0.1, -0.05) is 6.07 Å². The van der Waals surface area contributed by atoms with Gasteiger partial charge in [0.15, 0.2) is 0 Å². The standard InChI is InChI=1S/C15H22N2O4S/c1-17(2)15(19)10-21-13-5-6-20-9-12(13)16-14(18)8-11-4-3-7-22-11/h3-4,7,12-13H,5-6,8-10H2,1-2H3,(H,16,18)/t12-,13+/m1/s1. The molecule has 1 aliphatic heterocycles. The summed E-state index contributed by atoms with van der Waals surface area (Å²) in [5, 5.41) is 4.90. The number of likely N-dealkylation sites (N-methyl/N-ethyl adjacent to an activating group) is 1. The first-order valence-corrected chi connectivity index (χ1v) is 8.15. The Morgan fingerprint density at radius 3 is 3.00 bits per heavy atom. The van der Waals surface area contributed by atoms with Crippen LogP contribution < -0.4 is 5.32 Å². The van der Waals surface area contributed by atoms with Crippen molar-refractivity contribution in [1.29, 1.82) is 0 Å². The van der Waals surface area contributed by atoms with Crippen molar-refractivity contribution in [3.05, 3.63) is 22.4 Å². The largest absolute Gasteiger partial charge is 0.379 e. The zero-order valence-corrected chi connectivity index (χ0v) is 13.7. The molecular weight excluding hydrogens is 304 g/mol. The summed E-state index contributed by atoms with van der Waals surface area (Å²) < 4.78 is 11.1. The maximum Gasteiger partial charge on any atom is 0.248 e. The molecule has 1 fully saturated rings. The van der Waals surface area contributed by atoms with Crippen molar-refractivity contribution in [3.63, 3.8) is 0 Å². The maximum atomic E-state index is 12.1. The van der Waals surface area contributed by atoms with Gasteiger partial charge in [-0.25, -0.2) is 0 Å². The van der Waals surface area contributed by atoms with Crippen molar-refractivity contribution in [2.24, 2.45) is 0 Å². The highest BCUT2D eigenvalue weighted by atomic mass is 32.1. The summed E-state index contributed by atoms with van der Waals surface area (Å²) >= 11 is 1.56. The second kappa shape index (κ2) is 8.26. The molecule has 0 aliphatic carbocycles. The topological polar surface area (TPSA) is 67.9 Å². The Kier molecular flexibility index (Phi) is 6.35. The highest BCUT2D eigenvalue weighted by Gasteiger charge is 2.28. The van der Waals surface area contributed by atoms with Crippen LogP contribution in [0.25, 0.3) is 0 Å². The number of rotatable bonds is 6. The second-order valence-corrected chi connectivity index (χ2v) is 6.46. The van der Waals surface area contributed by atoms with Crippen molar-refractivity contribution < 1.29 is 19.1 Å². The van der Waals surface area contributed by atoms with Gasteiger partial charge >= 0.3 is 0 Å². The van der Waals surface area contributed by atoms with E-state index in [-0.39, 0.29) is 30.6 Å². The molecule has 1 saturated heterocycles. The van der Waals surface area contributed by atoms with E-state index in [1.165, 1.54) is 4.90 Å². The summed E-state index contributed by atoms with van der Waals surface area (Å²) in [7, 11) is 3.38. The highest BCUT2D eigenvalue weighted by Crippen LogP contribution is 2.14. The molecule has 1 aliphatic rings. The van der Waals surface area contributed by atoms with E-state index < -0.39 is 0 Å². The summed E-state index contributed by atoms with van der Waals surface area (Å²) in [6, 6.07) is 3.65. The Labute approximate surface area is 134 Å². The SMILES string of the molecule is CN(C)C(=O)CO[C@H]1CCOC[C@H]1NC(=O)Cc1cccs1. The first kappa shape index (κ1) is 16.9. The number of nitrogens with one attached hydrogen (secondary N) is 1. The highest BCUT2D eigenvalue weighted by molar-refractivity contribution is 7.10. The lowest BCUT2D eigenvalue weighted by atomic mass is 10.1. The normalized spacial score (nSPS) is 21.4. The van der Waals surface area contributed by atoms with Gasteiger partial charge < -0.3 is 19.7 Å². The smallest absolute Gasteiger partial charge is 0.248 e. The molecule has 0 spiro atoms. The molecule has 7 heteroatoms. The minimum absolute atomic E-state index is 0.0228. The van der Waals surface area contributed by atoms with E-state index in [1.807, 2.05) is 17.5 Å². The molecule has 2 rings (SSSR count). The first-order chi connectivity index (χ1) is 10.6. The molecule has 0 radical (unpaired) electrons. The molecule has 1 aromatic heterocycles. The van der Waals surface area contributed by atoms with Crippen LogP contribution in [0, 0.1) is 0 Å². The van der Waals surface area contributed by atoms with E-state index in [2.05, 4.69) is 5.32 Å². The van der Waals surface area contributed by atoms with Crippen LogP contribution in [0.15, 0.2) is 17.5 Å². The second-order valence-electron chi connectivity index (χ2n) is 5.43. The number of thiophene rings is 1. The zero-order chi connectivity index (χ0) is 15.9. The van der Waals surface area contributed by atoms with E-state index in [0.29, 0.717) is 26.1 Å². The number of carbonyl (C=O) groups is 2. The van der Waals surface area contributed by atoms with Gasteiger partial charge in [0.2, 0.25) is 11.8 Å². The zero-order valence-electron chi connectivity index (χ0n) is 12.9. The number of amides is 2. The van der Waals surface area contributed by atoms with Gasteiger partial charge in [0.1, 0.15) is 6.61 Å². The Balaban J connectivity index is 1.83. The molecule has 1 aromatic rings. The van der Waals surface area contributed by atoms with Crippen LogP contribution in [0.5, 0.6) is 0 Å². The summed E-state index contributed by atoms with van der Waals surface area (Å²) in [5.41, 5.74) is 0. The van der Waals surface area contributed by atoms with Gasteiger partial charge in [-0.2, -0.15) is 0 Å². The van der Waals surface area contributed by atoms with Gasteiger partial charge in [-0.15, -0.1) is 11.3 Å². The fraction of sp³-hybridized carbons (Fsp3) is 0.600. The van der Waals surface area contributed by atoms with Crippen LogP contribution >= 0.6 is 11.3 Å². The van der Waals surface area contributed by atoms with Crippen LogP contribution in [0.2, 0.25) is 0 Å². The van der Waals surface area contributed by atoms with Crippen LogP contribution in [-0.4, -0.2) is 62.8 Å². The number of ether oxygens (including phenoxy) is 2. The molecule has 0 saturated carbocycles. The molecule has 2 atom stereocenters. The average Bonchev–Trinajstić information content (AvgIpc) is 2.98. The van der Waals surface area contributed by atoms with Gasteiger partial charge in [-0.05, 0) is 17.9 Å². The fourth-order valence-electron chi connectivity index (χ4n) is 2.19. The van der Waals surface area contributed by atoms with Crippen molar-refractivity contribution in [2.75, 3.05) is 33.9 Å². The monoisotopic (exact) mass is 326 g/mol. The van der Waals surface area contributed by atoms with Gasteiger partial charge in [-0.3, -0.25) is 9.59 Å². The van der Waals surface area contributed by atoms with Crippen LogP contribution in [0.4, 0.5) is 0 Å². The van der Waals surface area contributed by atoms with Crippen molar-refractivity contribution in [1.82, 2.24) is 10.2 Å². The van der Waals surface area contributed by atoms with E-state index >= 15 is 0 Å². The number of nitrogens with zero attached hydrogens (tertiary/aromatic N) is 1. The molecule has 1 N–H and O–H groups in total. The third-order valence-corrected chi connectivity index (χ3v) is 4.35. The minimum Gasteiger partial charge on any atom is -0.379 e. The molecule has 0 bridgehead atoms. The van der Waals surface area contributed by atoms with Crippen LogP contribution in [-0.2, 0) is 25.5 Å².